The van der Waals surface area contributed by atoms with Crippen LogP contribution in [0.25, 0.3) is 0 Å². The Kier molecular flexibility index (Phi) is 6.23. The molecule has 128 valence electrons. The van der Waals surface area contributed by atoms with Gasteiger partial charge in [-0.05, 0) is 36.3 Å². The van der Waals surface area contributed by atoms with Crippen molar-refractivity contribution in [1.82, 2.24) is 4.90 Å². The zero-order valence-electron chi connectivity index (χ0n) is 15.1. The summed E-state index contributed by atoms with van der Waals surface area (Å²) in [7, 11) is 0. The van der Waals surface area contributed by atoms with E-state index in [1.165, 1.54) is 11.1 Å². The molecule has 0 aliphatic carbocycles. The predicted octanol–water partition coefficient (Wildman–Crippen LogP) is 3.89. The van der Waals surface area contributed by atoms with E-state index in [2.05, 4.69) is 52.0 Å². The highest BCUT2D eigenvalue weighted by atomic mass is 16.2. The summed E-state index contributed by atoms with van der Waals surface area (Å²) >= 11 is 0. The number of rotatable bonds is 5. The second kappa shape index (κ2) is 7.96. The fraction of sp³-hybridized carbons (Fsp3) is 0.650. The predicted molar refractivity (Wildman–Crippen MR) is 96.5 cm³/mol. The fourth-order valence-corrected chi connectivity index (χ4v) is 3.61. The molecule has 0 saturated carbocycles. The van der Waals surface area contributed by atoms with Crippen molar-refractivity contribution in [2.45, 2.75) is 64.8 Å². The summed E-state index contributed by atoms with van der Waals surface area (Å²) in [6, 6.07) is 8.95. The number of carbonyl (C=O) groups is 1. The van der Waals surface area contributed by atoms with Gasteiger partial charge in [-0.2, -0.15) is 0 Å². The molecule has 1 heterocycles. The Morgan fingerprint density at radius 1 is 1.17 bits per heavy atom. The molecule has 3 heteroatoms. The molecular weight excluding hydrogens is 284 g/mol. The third-order valence-electron chi connectivity index (χ3n) is 5.20. The van der Waals surface area contributed by atoms with E-state index in [1.54, 1.807) is 0 Å². The Balaban J connectivity index is 2.12. The first-order valence-electron chi connectivity index (χ1n) is 9.10. The molecule has 0 bridgehead atoms. The van der Waals surface area contributed by atoms with E-state index in [0.29, 0.717) is 18.4 Å². The SMILES string of the molecule is CCC(CC)C(=O)N1CC(N)CC(c2ccc(C(C)C)cc2)C1. The minimum Gasteiger partial charge on any atom is -0.340 e. The van der Waals surface area contributed by atoms with Crippen molar-refractivity contribution in [2.24, 2.45) is 11.7 Å². The second-order valence-electron chi connectivity index (χ2n) is 7.27. The lowest BCUT2D eigenvalue weighted by Crippen LogP contribution is -2.50. The van der Waals surface area contributed by atoms with Gasteiger partial charge in [0.1, 0.15) is 0 Å². The van der Waals surface area contributed by atoms with Crippen molar-refractivity contribution in [1.29, 1.82) is 0 Å². The topological polar surface area (TPSA) is 46.3 Å². The maximum absolute atomic E-state index is 12.7. The average Bonchev–Trinajstić information content (AvgIpc) is 2.55. The molecule has 2 unspecified atom stereocenters. The van der Waals surface area contributed by atoms with E-state index in [1.807, 2.05) is 4.90 Å². The van der Waals surface area contributed by atoms with Crippen LogP contribution in [-0.2, 0) is 4.79 Å². The van der Waals surface area contributed by atoms with Crippen LogP contribution in [0.4, 0.5) is 0 Å². The third-order valence-corrected chi connectivity index (χ3v) is 5.20. The molecule has 1 fully saturated rings. The Hall–Kier alpha value is -1.35. The molecule has 1 aromatic carbocycles. The first-order valence-corrected chi connectivity index (χ1v) is 9.10. The molecule has 1 saturated heterocycles. The Labute approximate surface area is 141 Å². The number of amides is 1. The maximum atomic E-state index is 12.7. The van der Waals surface area contributed by atoms with Crippen LogP contribution in [-0.4, -0.2) is 29.9 Å². The van der Waals surface area contributed by atoms with Gasteiger partial charge in [-0.1, -0.05) is 52.0 Å². The number of hydrogen-bond acceptors (Lipinski definition) is 2. The van der Waals surface area contributed by atoms with E-state index in [-0.39, 0.29) is 17.9 Å². The van der Waals surface area contributed by atoms with Crippen LogP contribution in [0.1, 0.15) is 69.9 Å². The number of nitrogens with two attached hydrogens (primary N) is 1. The molecule has 1 aliphatic heterocycles. The standard InChI is InChI=1S/C20H32N2O/c1-5-15(6-2)20(23)22-12-18(11-19(21)13-22)17-9-7-16(8-10-17)14(3)4/h7-10,14-15,18-19H,5-6,11-13,21H2,1-4H3. The number of piperidine rings is 1. The van der Waals surface area contributed by atoms with Gasteiger partial charge in [0.2, 0.25) is 5.91 Å². The Bertz CT molecular complexity index is 505. The lowest BCUT2D eigenvalue weighted by Gasteiger charge is -2.38. The van der Waals surface area contributed by atoms with Gasteiger partial charge in [0, 0.05) is 31.0 Å². The van der Waals surface area contributed by atoms with Crippen LogP contribution in [0.15, 0.2) is 24.3 Å². The highest BCUT2D eigenvalue weighted by Crippen LogP contribution is 2.29. The molecular formula is C20H32N2O. The monoisotopic (exact) mass is 316 g/mol. The number of carbonyl (C=O) groups excluding carboxylic acids is 1. The Morgan fingerprint density at radius 3 is 2.30 bits per heavy atom. The van der Waals surface area contributed by atoms with Gasteiger partial charge in [-0.15, -0.1) is 0 Å². The summed E-state index contributed by atoms with van der Waals surface area (Å²) in [6.07, 6.45) is 2.79. The highest BCUT2D eigenvalue weighted by molar-refractivity contribution is 5.79. The fourth-order valence-electron chi connectivity index (χ4n) is 3.61. The zero-order chi connectivity index (χ0) is 17.0. The van der Waals surface area contributed by atoms with Crippen molar-refractivity contribution in [3.8, 4) is 0 Å². The highest BCUT2D eigenvalue weighted by Gasteiger charge is 2.31. The van der Waals surface area contributed by atoms with Gasteiger partial charge in [-0.25, -0.2) is 0 Å². The van der Waals surface area contributed by atoms with Crippen molar-refractivity contribution in [2.75, 3.05) is 13.1 Å². The van der Waals surface area contributed by atoms with E-state index in [9.17, 15) is 4.79 Å². The Morgan fingerprint density at radius 2 is 1.78 bits per heavy atom. The van der Waals surface area contributed by atoms with Crippen LogP contribution in [0.2, 0.25) is 0 Å². The molecule has 2 N–H and O–H groups in total. The number of nitrogens with zero attached hydrogens (tertiary/aromatic N) is 1. The van der Waals surface area contributed by atoms with Crippen molar-refractivity contribution in [3.05, 3.63) is 35.4 Å². The molecule has 1 amide bonds. The smallest absolute Gasteiger partial charge is 0.225 e. The molecule has 2 atom stereocenters. The number of benzene rings is 1. The second-order valence-corrected chi connectivity index (χ2v) is 7.27. The summed E-state index contributed by atoms with van der Waals surface area (Å²) in [6.45, 7) is 10.1. The quantitative estimate of drug-likeness (QED) is 0.896. The van der Waals surface area contributed by atoms with Gasteiger partial charge >= 0.3 is 0 Å². The number of hydrogen-bond donors (Lipinski definition) is 1. The van der Waals surface area contributed by atoms with Gasteiger partial charge in [0.05, 0.1) is 0 Å². The van der Waals surface area contributed by atoms with Crippen LogP contribution < -0.4 is 5.73 Å². The van der Waals surface area contributed by atoms with E-state index < -0.39 is 0 Å². The van der Waals surface area contributed by atoms with Gasteiger partial charge in [0.15, 0.2) is 0 Å². The van der Waals surface area contributed by atoms with E-state index >= 15 is 0 Å². The molecule has 3 nitrogen and oxygen atoms in total. The van der Waals surface area contributed by atoms with Gasteiger partial charge in [0.25, 0.3) is 0 Å². The molecule has 0 spiro atoms. The van der Waals surface area contributed by atoms with Crippen molar-refractivity contribution >= 4 is 5.91 Å². The van der Waals surface area contributed by atoms with Gasteiger partial charge in [-0.3, -0.25) is 4.79 Å². The normalized spacial score (nSPS) is 22.0. The summed E-state index contributed by atoms with van der Waals surface area (Å²) in [5.41, 5.74) is 8.93. The third kappa shape index (κ3) is 4.35. The van der Waals surface area contributed by atoms with E-state index in [4.69, 9.17) is 5.73 Å². The first-order chi connectivity index (χ1) is 11.0. The van der Waals surface area contributed by atoms with Crippen LogP contribution in [0.3, 0.4) is 0 Å². The van der Waals surface area contributed by atoms with Gasteiger partial charge < -0.3 is 10.6 Å². The minimum absolute atomic E-state index is 0.0804. The molecule has 23 heavy (non-hydrogen) atoms. The number of likely N-dealkylation sites (tertiary alicyclic amines) is 1. The van der Waals surface area contributed by atoms with Crippen LogP contribution in [0, 0.1) is 5.92 Å². The molecule has 1 aliphatic rings. The molecule has 1 aromatic rings. The van der Waals surface area contributed by atoms with Crippen LogP contribution >= 0.6 is 0 Å². The van der Waals surface area contributed by atoms with E-state index in [0.717, 1.165) is 25.8 Å². The largest absolute Gasteiger partial charge is 0.340 e. The lowest BCUT2D eigenvalue weighted by atomic mass is 9.86. The minimum atomic E-state index is 0.0804. The molecule has 2 rings (SSSR count). The van der Waals surface area contributed by atoms with Crippen molar-refractivity contribution < 1.29 is 4.79 Å². The zero-order valence-corrected chi connectivity index (χ0v) is 15.1. The summed E-state index contributed by atoms with van der Waals surface area (Å²) in [4.78, 5) is 14.7. The molecule has 0 aromatic heterocycles. The van der Waals surface area contributed by atoms with Crippen molar-refractivity contribution in [3.63, 3.8) is 0 Å². The lowest BCUT2D eigenvalue weighted by molar-refractivity contribution is -0.137. The maximum Gasteiger partial charge on any atom is 0.225 e. The first kappa shape index (κ1) is 18.0. The summed E-state index contributed by atoms with van der Waals surface area (Å²) < 4.78 is 0. The van der Waals surface area contributed by atoms with Crippen LogP contribution in [0.5, 0.6) is 0 Å². The summed E-state index contributed by atoms with van der Waals surface area (Å²) in [5.74, 6) is 1.34. The summed E-state index contributed by atoms with van der Waals surface area (Å²) in [5, 5.41) is 0. The molecule has 0 radical (unpaired) electrons. The average molecular weight is 316 g/mol.